The molecule has 1 aliphatic heterocycles. The summed E-state index contributed by atoms with van der Waals surface area (Å²) < 4.78 is 12.6. The number of carbonyl (C=O) groups is 1. The van der Waals surface area contributed by atoms with Crippen LogP contribution >= 0.6 is 0 Å². The van der Waals surface area contributed by atoms with E-state index in [1.54, 1.807) is 22.9 Å². The smallest absolute Gasteiger partial charge is 0.275 e. The molecule has 0 atom stereocenters. The summed E-state index contributed by atoms with van der Waals surface area (Å²) in [6.45, 7) is 1.83. The average Bonchev–Trinajstić information content (AvgIpc) is 3.35. The van der Waals surface area contributed by atoms with Gasteiger partial charge >= 0.3 is 0 Å². The van der Waals surface area contributed by atoms with Gasteiger partial charge in [-0.15, -0.1) is 0 Å². The maximum absolute atomic E-state index is 13.4. The molecule has 1 amide bonds. The lowest BCUT2D eigenvalue weighted by atomic mass is 10.1. The van der Waals surface area contributed by atoms with Crippen molar-refractivity contribution in [3.63, 3.8) is 0 Å². The van der Waals surface area contributed by atoms with Gasteiger partial charge in [-0.05, 0) is 17.7 Å². The van der Waals surface area contributed by atoms with Crippen molar-refractivity contribution in [3.8, 4) is 0 Å². The maximum Gasteiger partial charge on any atom is 0.275 e. The van der Waals surface area contributed by atoms with Crippen molar-refractivity contribution in [1.82, 2.24) is 24.6 Å². The summed E-state index contributed by atoms with van der Waals surface area (Å²) in [6.07, 6.45) is 2.35. The number of ether oxygens (including phenoxy) is 1. The lowest BCUT2D eigenvalue weighted by molar-refractivity contribution is 0.0722. The van der Waals surface area contributed by atoms with Crippen LogP contribution in [-0.4, -0.2) is 44.2 Å². The molecule has 0 N–H and O–H groups in total. The molecular formula is C22H21N5O3. The molecule has 8 nitrogen and oxygen atoms in total. The van der Waals surface area contributed by atoms with Gasteiger partial charge in [0.05, 0.1) is 18.5 Å². The summed E-state index contributed by atoms with van der Waals surface area (Å²) >= 11 is 0. The van der Waals surface area contributed by atoms with Crippen molar-refractivity contribution in [2.45, 2.75) is 26.1 Å². The molecule has 1 aromatic carbocycles. The maximum atomic E-state index is 13.4. The van der Waals surface area contributed by atoms with Crippen molar-refractivity contribution in [1.29, 1.82) is 0 Å². The highest BCUT2D eigenvalue weighted by molar-refractivity contribution is 6.04. The lowest BCUT2D eigenvalue weighted by Gasteiger charge is -2.24. The molecule has 4 aromatic rings. The zero-order valence-corrected chi connectivity index (χ0v) is 16.6. The van der Waals surface area contributed by atoms with E-state index in [1.165, 1.54) is 0 Å². The van der Waals surface area contributed by atoms with Crippen LogP contribution in [0.3, 0.4) is 0 Å². The van der Waals surface area contributed by atoms with E-state index in [0.29, 0.717) is 49.9 Å². The van der Waals surface area contributed by atoms with Crippen LogP contribution < -0.4 is 0 Å². The zero-order valence-electron chi connectivity index (χ0n) is 16.6. The molecule has 0 unspecified atom stereocenters. The fraction of sp³-hybridized carbons (Fsp3) is 0.273. The summed E-state index contributed by atoms with van der Waals surface area (Å²) in [6, 6.07) is 13.7. The Hall–Kier alpha value is -3.52. The Morgan fingerprint density at radius 3 is 2.90 bits per heavy atom. The monoisotopic (exact) mass is 403 g/mol. The lowest BCUT2D eigenvalue weighted by Crippen LogP contribution is -2.36. The summed E-state index contributed by atoms with van der Waals surface area (Å²) in [7, 11) is 1.60. The first-order valence-electron chi connectivity index (χ1n) is 9.84. The van der Waals surface area contributed by atoms with Gasteiger partial charge in [0.25, 0.3) is 5.91 Å². The normalized spacial score (nSPS) is 13.6. The molecule has 30 heavy (non-hydrogen) atoms. The molecule has 0 saturated heterocycles. The van der Waals surface area contributed by atoms with E-state index in [-0.39, 0.29) is 5.91 Å². The van der Waals surface area contributed by atoms with Gasteiger partial charge in [-0.2, -0.15) is 5.10 Å². The standard InChI is InChI=1S/C22H21N5O3/c1-29-14-19-24-17-13-26(11-9-18(17)30-19)22(28)20-16-8-5-10-23-21(16)27(25-20)12-15-6-3-2-4-7-15/h2-8,10H,9,11-14H2,1H3. The van der Waals surface area contributed by atoms with Crippen LogP contribution in [0, 0.1) is 0 Å². The number of benzene rings is 1. The van der Waals surface area contributed by atoms with Gasteiger partial charge in [-0.3, -0.25) is 4.79 Å². The van der Waals surface area contributed by atoms with Crippen LogP contribution in [0.25, 0.3) is 11.0 Å². The number of carbonyl (C=O) groups excluding carboxylic acids is 1. The summed E-state index contributed by atoms with van der Waals surface area (Å²) in [5.41, 5.74) is 3.00. The van der Waals surface area contributed by atoms with Crippen LogP contribution in [0.1, 0.15) is 33.4 Å². The van der Waals surface area contributed by atoms with Crippen LogP contribution in [0.4, 0.5) is 0 Å². The number of fused-ring (bicyclic) bond motifs is 2. The fourth-order valence-electron chi connectivity index (χ4n) is 3.79. The molecule has 0 bridgehead atoms. The van der Waals surface area contributed by atoms with E-state index in [2.05, 4.69) is 15.1 Å². The van der Waals surface area contributed by atoms with Crippen LogP contribution in [0.2, 0.25) is 0 Å². The summed E-state index contributed by atoms with van der Waals surface area (Å²) in [5.74, 6) is 1.24. The SMILES string of the molecule is COCc1nc2c(o1)CCN(C(=O)c1nn(Cc3ccccc3)c3ncccc13)C2. The third-order valence-corrected chi connectivity index (χ3v) is 5.21. The summed E-state index contributed by atoms with van der Waals surface area (Å²) in [5, 5.41) is 5.40. The highest BCUT2D eigenvalue weighted by atomic mass is 16.5. The van der Waals surface area contributed by atoms with Gasteiger partial charge in [-0.25, -0.2) is 14.6 Å². The highest BCUT2D eigenvalue weighted by Crippen LogP contribution is 2.24. The van der Waals surface area contributed by atoms with Crippen molar-refractivity contribution in [2.24, 2.45) is 0 Å². The van der Waals surface area contributed by atoms with E-state index >= 15 is 0 Å². The van der Waals surface area contributed by atoms with Crippen LogP contribution in [-0.2, 0) is 30.9 Å². The summed E-state index contributed by atoms with van der Waals surface area (Å²) in [4.78, 5) is 24.1. The fourth-order valence-corrected chi connectivity index (χ4v) is 3.79. The number of pyridine rings is 1. The average molecular weight is 403 g/mol. The van der Waals surface area contributed by atoms with Crippen molar-refractivity contribution >= 4 is 16.9 Å². The number of amides is 1. The number of aromatic nitrogens is 4. The third kappa shape index (κ3) is 3.35. The zero-order chi connectivity index (χ0) is 20.5. The van der Waals surface area contributed by atoms with Crippen LogP contribution in [0.5, 0.6) is 0 Å². The predicted octanol–water partition coefficient (Wildman–Crippen LogP) is 2.81. The first kappa shape index (κ1) is 18.5. The molecule has 0 fully saturated rings. The Kier molecular flexibility index (Phi) is 4.76. The highest BCUT2D eigenvalue weighted by Gasteiger charge is 2.29. The molecule has 4 heterocycles. The quantitative estimate of drug-likeness (QED) is 0.509. The van der Waals surface area contributed by atoms with Crippen molar-refractivity contribution in [3.05, 3.63) is 77.3 Å². The Morgan fingerprint density at radius 1 is 1.20 bits per heavy atom. The third-order valence-electron chi connectivity index (χ3n) is 5.21. The molecule has 0 aliphatic carbocycles. The van der Waals surface area contributed by atoms with Gasteiger partial charge < -0.3 is 14.1 Å². The van der Waals surface area contributed by atoms with E-state index in [0.717, 1.165) is 22.4 Å². The second-order valence-corrected chi connectivity index (χ2v) is 7.25. The number of rotatable bonds is 5. The molecular weight excluding hydrogens is 382 g/mol. The van der Waals surface area contributed by atoms with E-state index in [4.69, 9.17) is 9.15 Å². The van der Waals surface area contributed by atoms with Crippen LogP contribution in [0.15, 0.2) is 53.1 Å². The Balaban J connectivity index is 1.45. The first-order valence-corrected chi connectivity index (χ1v) is 9.84. The second-order valence-electron chi connectivity index (χ2n) is 7.25. The molecule has 8 heteroatoms. The molecule has 3 aromatic heterocycles. The van der Waals surface area contributed by atoms with E-state index in [9.17, 15) is 4.79 Å². The molecule has 0 saturated carbocycles. The molecule has 0 spiro atoms. The Morgan fingerprint density at radius 2 is 2.07 bits per heavy atom. The van der Waals surface area contributed by atoms with E-state index < -0.39 is 0 Å². The number of nitrogens with zero attached hydrogens (tertiary/aromatic N) is 5. The van der Waals surface area contributed by atoms with Gasteiger partial charge in [-0.1, -0.05) is 30.3 Å². The molecule has 5 rings (SSSR count). The number of methoxy groups -OCH3 is 1. The van der Waals surface area contributed by atoms with Gasteiger partial charge in [0.1, 0.15) is 18.1 Å². The predicted molar refractivity (Wildman–Crippen MR) is 109 cm³/mol. The Labute approximate surface area is 173 Å². The van der Waals surface area contributed by atoms with Gasteiger partial charge in [0.2, 0.25) is 5.89 Å². The molecule has 1 aliphatic rings. The minimum Gasteiger partial charge on any atom is -0.443 e. The second kappa shape index (κ2) is 7.72. The molecule has 152 valence electrons. The number of hydrogen-bond acceptors (Lipinski definition) is 6. The van der Waals surface area contributed by atoms with Crippen molar-refractivity contribution in [2.75, 3.05) is 13.7 Å². The minimum atomic E-state index is -0.123. The number of oxazole rings is 1. The Bertz CT molecular complexity index is 1200. The first-order chi connectivity index (χ1) is 14.7. The van der Waals surface area contributed by atoms with Crippen molar-refractivity contribution < 1.29 is 13.9 Å². The molecule has 0 radical (unpaired) electrons. The largest absolute Gasteiger partial charge is 0.443 e. The van der Waals surface area contributed by atoms with Gasteiger partial charge in [0.15, 0.2) is 11.3 Å². The van der Waals surface area contributed by atoms with Gasteiger partial charge in [0, 0.05) is 26.3 Å². The number of hydrogen-bond donors (Lipinski definition) is 0. The topological polar surface area (TPSA) is 86.3 Å². The van der Waals surface area contributed by atoms with E-state index in [1.807, 2.05) is 42.5 Å². The minimum absolute atomic E-state index is 0.123.